The number of halogens is 1. The van der Waals surface area contributed by atoms with Crippen LogP contribution in [-0.2, 0) is 4.74 Å². The van der Waals surface area contributed by atoms with Gasteiger partial charge in [0.1, 0.15) is 0 Å². The highest BCUT2D eigenvalue weighted by atomic mass is 79.9. The average Bonchev–Trinajstić information content (AvgIpc) is 2.65. The lowest BCUT2D eigenvalue weighted by atomic mass is 10.1. The maximum Gasteiger partial charge on any atom is 0.0616 e. The molecule has 0 aliphatic heterocycles. The Bertz CT molecular complexity index is 297. The van der Waals surface area contributed by atoms with E-state index in [2.05, 4.69) is 46.5 Å². The van der Waals surface area contributed by atoms with Crippen LogP contribution in [0.5, 0.6) is 0 Å². The number of methoxy groups -OCH3 is 1. The molecule has 1 aromatic heterocycles. The monoisotopic (exact) mass is 305 g/mol. The summed E-state index contributed by atoms with van der Waals surface area (Å²) >= 11 is 5.36. The molecule has 16 heavy (non-hydrogen) atoms. The number of nitrogens with one attached hydrogen (secondary N) is 1. The van der Waals surface area contributed by atoms with Crippen LogP contribution in [0.3, 0.4) is 0 Å². The van der Waals surface area contributed by atoms with Gasteiger partial charge in [-0.25, -0.2) is 0 Å². The third-order valence-electron chi connectivity index (χ3n) is 2.53. The fourth-order valence-corrected chi connectivity index (χ4v) is 3.54. The van der Waals surface area contributed by atoms with Crippen LogP contribution in [0.4, 0.5) is 0 Å². The van der Waals surface area contributed by atoms with Gasteiger partial charge < -0.3 is 10.1 Å². The van der Waals surface area contributed by atoms with E-state index in [1.54, 1.807) is 18.4 Å². The number of hydrogen-bond acceptors (Lipinski definition) is 3. The van der Waals surface area contributed by atoms with Crippen molar-refractivity contribution in [2.45, 2.75) is 38.8 Å². The lowest BCUT2D eigenvalue weighted by molar-refractivity contribution is 0.157. The third kappa shape index (κ3) is 4.17. The number of hydrogen-bond donors (Lipinski definition) is 1. The molecule has 0 aromatic carbocycles. The van der Waals surface area contributed by atoms with Gasteiger partial charge in [0.25, 0.3) is 0 Å². The van der Waals surface area contributed by atoms with Gasteiger partial charge in [0.2, 0.25) is 0 Å². The second kappa shape index (κ2) is 7.43. The number of thiophene rings is 1. The van der Waals surface area contributed by atoms with Gasteiger partial charge in [-0.1, -0.05) is 13.3 Å². The SMILES string of the molecule is CCCC(COC)NC(C)c1sccc1Br. The van der Waals surface area contributed by atoms with Crippen molar-refractivity contribution in [3.05, 3.63) is 20.8 Å². The van der Waals surface area contributed by atoms with Gasteiger partial charge in [-0.2, -0.15) is 0 Å². The molecule has 92 valence electrons. The van der Waals surface area contributed by atoms with E-state index in [-0.39, 0.29) is 0 Å². The van der Waals surface area contributed by atoms with E-state index in [0.29, 0.717) is 12.1 Å². The lowest BCUT2D eigenvalue weighted by Gasteiger charge is -2.22. The summed E-state index contributed by atoms with van der Waals surface area (Å²) in [6.45, 7) is 5.19. The number of rotatable bonds is 7. The molecule has 0 fully saturated rings. The van der Waals surface area contributed by atoms with E-state index in [0.717, 1.165) is 13.0 Å². The van der Waals surface area contributed by atoms with E-state index in [1.165, 1.54) is 15.8 Å². The van der Waals surface area contributed by atoms with Crippen molar-refractivity contribution in [2.24, 2.45) is 0 Å². The van der Waals surface area contributed by atoms with Gasteiger partial charge in [-0.05, 0) is 40.7 Å². The van der Waals surface area contributed by atoms with Gasteiger partial charge >= 0.3 is 0 Å². The molecular formula is C12H20BrNOS. The molecule has 0 bridgehead atoms. The Balaban J connectivity index is 2.54. The molecule has 0 saturated carbocycles. The van der Waals surface area contributed by atoms with E-state index in [4.69, 9.17) is 4.74 Å². The van der Waals surface area contributed by atoms with Crippen molar-refractivity contribution in [3.8, 4) is 0 Å². The van der Waals surface area contributed by atoms with Crippen LogP contribution in [-0.4, -0.2) is 19.8 Å². The van der Waals surface area contributed by atoms with Crippen molar-refractivity contribution in [1.82, 2.24) is 5.32 Å². The molecule has 1 rings (SSSR count). The van der Waals surface area contributed by atoms with Crippen molar-refractivity contribution < 1.29 is 4.74 Å². The summed E-state index contributed by atoms with van der Waals surface area (Å²) in [7, 11) is 1.76. The summed E-state index contributed by atoms with van der Waals surface area (Å²) in [5, 5.41) is 5.73. The molecule has 4 heteroatoms. The average molecular weight is 306 g/mol. The molecule has 2 nitrogen and oxygen atoms in total. The predicted molar refractivity (Wildman–Crippen MR) is 74.1 cm³/mol. The Morgan fingerprint density at radius 3 is 2.81 bits per heavy atom. The zero-order chi connectivity index (χ0) is 12.0. The Kier molecular flexibility index (Phi) is 6.58. The fraction of sp³-hybridized carbons (Fsp3) is 0.667. The Hall–Kier alpha value is 0.100. The molecule has 1 heterocycles. The highest BCUT2D eigenvalue weighted by molar-refractivity contribution is 9.10. The molecular weight excluding hydrogens is 286 g/mol. The highest BCUT2D eigenvalue weighted by Crippen LogP contribution is 2.29. The van der Waals surface area contributed by atoms with Crippen molar-refractivity contribution in [1.29, 1.82) is 0 Å². The quantitative estimate of drug-likeness (QED) is 0.823. The topological polar surface area (TPSA) is 21.3 Å². The second-order valence-electron chi connectivity index (χ2n) is 3.96. The first-order valence-corrected chi connectivity index (χ1v) is 7.34. The standard InChI is InChI=1S/C12H20BrNOS/c1-4-5-10(8-15-3)14-9(2)12-11(13)6-7-16-12/h6-7,9-10,14H,4-5,8H2,1-3H3. The lowest BCUT2D eigenvalue weighted by Crippen LogP contribution is -2.34. The summed E-state index contributed by atoms with van der Waals surface area (Å²) in [6.07, 6.45) is 2.33. The van der Waals surface area contributed by atoms with E-state index < -0.39 is 0 Å². The third-order valence-corrected chi connectivity index (χ3v) is 4.58. The van der Waals surface area contributed by atoms with Gasteiger partial charge in [0.15, 0.2) is 0 Å². The molecule has 0 radical (unpaired) electrons. The Morgan fingerprint density at radius 2 is 2.31 bits per heavy atom. The zero-order valence-corrected chi connectivity index (χ0v) is 12.5. The van der Waals surface area contributed by atoms with Crippen molar-refractivity contribution >= 4 is 27.3 Å². The maximum absolute atomic E-state index is 5.23. The molecule has 2 atom stereocenters. The minimum Gasteiger partial charge on any atom is -0.383 e. The van der Waals surface area contributed by atoms with Crippen LogP contribution >= 0.6 is 27.3 Å². The Labute approximate surface area is 111 Å². The van der Waals surface area contributed by atoms with Crippen molar-refractivity contribution in [3.63, 3.8) is 0 Å². The normalized spacial score (nSPS) is 15.0. The summed E-state index contributed by atoms with van der Waals surface area (Å²) in [6, 6.07) is 2.92. The van der Waals surface area contributed by atoms with Crippen LogP contribution in [0.25, 0.3) is 0 Å². The molecule has 1 aromatic rings. The van der Waals surface area contributed by atoms with Gasteiger partial charge in [-0.15, -0.1) is 11.3 Å². The highest BCUT2D eigenvalue weighted by Gasteiger charge is 2.15. The summed E-state index contributed by atoms with van der Waals surface area (Å²) in [5.74, 6) is 0. The van der Waals surface area contributed by atoms with Crippen LogP contribution in [0.2, 0.25) is 0 Å². The molecule has 0 aliphatic carbocycles. The van der Waals surface area contributed by atoms with E-state index >= 15 is 0 Å². The van der Waals surface area contributed by atoms with E-state index in [1.807, 2.05) is 0 Å². The molecule has 0 amide bonds. The minimum atomic E-state index is 0.376. The second-order valence-corrected chi connectivity index (χ2v) is 5.76. The van der Waals surface area contributed by atoms with Gasteiger partial charge in [-0.3, -0.25) is 0 Å². The minimum absolute atomic E-state index is 0.376. The predicted octanol–water partition coefficient (Wildman–Crippen LogP) is 3.98. The molecule has 0 aliphatic rings. The van der Waals surface area contributed by atoms with Crippen LogP contribution < -0.4 is 5.32 Å². The summed E-state index contributed by atoms with van der Waals surface area (Å²) in [5.41, 5.74) is 0. The van der Waals surface area contributed by atoms with Crippen molar-refractivity contribution in [2.75, 3.05) is 13.7 Å². The Morgan fingerprint density at radius 1 is 1.56 bits per heavy atom. The summed E-state index contributed by atoms with van der Waals surface area (Å²) < 4.78 is 6.43. The first-order valence-electron chi connectivity index (χ1n) is 5.66. The summed E-state index contributed by atoms with van der Waals surface area (Å²) in [4.78, 5) is 1.36. The van der Waals surface area contributed by atoms with E-state index in [9.17, 15) is 0 Å². The largest absolute Gasteiger partial charge is 0.383 e. The molecule has 0 spiro atoms. The first-order chi connectivity index (χ1) is 7.69. The first kappa shape index (κ1) is 14.2. The van der Waals surface area contributed by atoms with Gasteiger partial charge in [0, 0.05) is 28.5 Å². The number of ether oxygens (including phenoxy) is 1. The smallest absolute Gasteiger partial charge is 0.0616 e. The van der Waals surface area contributed by atoms with Gasteiger partial charge in [0.05, 0.1) is 6.61 Å². The molecule has 0 saturated heterocycles. The maximum atomic E-state index is 5.23. The fourth-order valence-electron chi connectivity index (χ4n) is 1.81. The zero-order valence-electron chi connectivity index (χ0n) is 10.1. The van der Waals surface area contributed by atoms with Crippen LogP contribution in [0.1, 0.15) is 37.6 Å². The van der Waals surface area contributed by atoms with Crippen LogP contribution in [0, 0.1) is 0 Å². The van der Waals surface area contributed by atoms with Crippen LogP contribution in [0.15, 0.2) is 15.9 Å². The molecule has 1 N–H and O–H groups in total. The molecule has 2 unspecified atom stereocenters.